The van der Waals surface area contributed by atoms with Crippen LogP contribution in [0.5, 0.6) is 0 Å². The van der Waals surface area contributed by atoms with Crippen molar-refractivity contribution < 1.29 is 42.1 Å². The highest BCUT2D eigenvalue weighted by Crippen LogP contribution is 2.43. The van der Waals surface area contributed by atoms with Gasteiger partial charge in [-0.1, -0.05) is 333 Å². The molecule has 9 nitrogen and oxygen atoms in total. The minimum atomic E-state index is -4.43. The third-order valence-corrected chi connectivity index (χ3v) is 16.7. The predicted molar refractivity (Wildman–Crippen MR) is 453 cm³/mol. The average Bonchev–Trinajstić information content (AvgIpc) is 0.915. The molecule has 0 aliphatic heterocycles. The molecule has 0 aromatic carbocycles. The van der Waals surface area contributed by atoms with Gasteiger partial charge in [0.05, 0.1) is 27.7 Å². The van der Waals surface area contributed by atoms with E-state index in [1.165, 1.54) is 38.5 Å². The van der Waals surface area contributed by atoms with Crippen LogP contribution in [-0.2, 0) is 32.7 Å². The molecule has 0 rings (SSSR count). The SMILES string of the molecule is CC/C=C\C/C=C\C/C=C\C/C=C\C/C=C\C/C=C\C/C=C\C/C=C\C/C=C\C/C=C\C/C=C\C/C=C\CCCCC(=O)OC(COC(=O)CCCCCCCCCCCC/C=C\C/C=C\C/C=C\C/C=C\C/C=C\C/C=C\C/C=C\C/C=C\C/C=C\C/C=C\CC)COP(=O)(O)OCC[N+](C)(C)C. The van der Waals surface area contributed by atoms with Crippen molar-refractivity contribution >= 4 is 19.8 Å². The maximum absolute atomic E-state index is 12.9. The van der Waals surface area contributed by atoms with Crippen LogP contribution < -0.4 is 0 Å². The van der Waals surface area contributed by atoms with Crippen molar-refractivity contribution in [3.05, 3.63) is 267 Å². The van der Waals surface area contributed by atoms with Crippen LogP contribution in [0, 0.1) is 0 Å². The number of hydrogen-bond acceptors (Lipinski definition) is 7. The van der Waals surface area contributed by atoms with E-state index < -0.39 is 32.5 Å². The lowest BCUT2D eigenvalue weighted by Gasteiger charge is -2.24. The van der Waals surface area contributed by atoms with Gasteiger partial charge < -0.3 is 18.9 Å². The molecule has 0 fully saturated rings. The number of ether oxygens (including phenoxy) is 2. The molecule has 0 aromatic heterocycles. The normalized spacial score (nSPS) is 14.5. The summed E-state index contributed by atoms with van der Waals surface area (Å²) in [5.74, 6) is -0.873. The maximum Gasteiger partial charge on any atom is 0.472 e. The molecule has 0 aliphatic rings. The number of esters is 2. The summed E-state index contributed by atoms with van der Waals surface area (Å²) in [5, 5.41) is 0. The Morgan fingerprint density at radius 3 is 0.788 bits per heavy atom. The molecule has 1 N–H and O–H groups in total. The lowest BCUT2D eigenvalue weighted by Crippen LogP contribution is -2.37. The fraction of sp³-hybridized carbons (Fsp3) is 0.511. The predicted octanol–water partition coefficient (Wildman–Crippen LogP) is 27.4. The second-order valence-corrected chi connectivity index (χ2v) is 28.1. The molecule has 0 radical (unpaired) electrons. The van der Waals surface area contributed by atoms with Gasteiger partial charge in [0.2, 0.25) is 0 Å². The van der Waals surface area contributed by atoms with Crippen molar-refractivity contribution in [3.63, 3.8) is 0 Å². The van der Waals surface area contributed by atoms with Gasteiger partial charge in [0.1, 0.15) is 19.8 Å². The van der Waals surface area contributed by atoms with Crippen molar-refractivity contribution in [2.45, 2.75) is 264 Å². The highest BCUT2D eigenvalue weighted by atomic mass is 31.2. The van der Waals surface area contributed by atoms with Crippen LogP contribution in [0.25, 0.3) is 0 Å². The smallest absolute Gasteiger partial charge is 0.462 e. The van der Waals surface area contributed by atoms with E-state index in [0.29, 0.717) is 23.9 Å². The molecule has 104 heavy (non-hydrogen) atoms. The maximum atomic E-state index is 12.9. The van der Waals surface area contributed by atoms with E-state index in [1.54, 1.807) is 0 Å². The number of quaternary nitrogens is 1. The Morgan fingerprint density at radius 1 is 0.298 bits per heavy atom. The molecule has 0 aliphatic carbocycles. The van der Waals surface area contributed by atoms with Gasteiger partial charge in [-0.2, -0.15) is 0 Å². The van der Waals surface area contributed by atoms with Gasteiger partial charge in [0, 0.05) is 12.8 Å². The van der Waals surface area contributed by atoms with Crippen LogP contribution >= 0.6 is 7.82 Å². The largest absolute Gasteiger partial charge is 0.472 e. The quantitative estimate of drug-likeness (QED) is 0.0211. The molecule has 0 bridgehead atoms. The third kappa shape index (κ3) is 84.2. The zero-order chi connectivity index (χ0) is 75.4. The van der Waals surface area contributed by atoms with Gasteiger partial charge >= 0.3 is 19.8 Å². The fourth-order valence-corrected chi connectivity index (χ4v) is 10.5. The van der Waals surface area contributed by atoms with Gasteiger partial charge in [-0.15, -0.1) is 0 Å². The Balaban J connectivity index is 4.19. The van der Waals surface area contributed by atoms with Gasteiger partial charge in [0.15, 0.2) is 6.10 Å². The second kappa shape index (κ2) is 80.4. The topological polar surface area (TPSA) is 108 Å². The van der Waals surface area contributed by atoms with Crippen molar-refractivity contribution in [2.75, 3.05) is 47.5 Å². The molecule has 578 valence electrons. The second-order valence-electron chi connectivity index (χ2n) is 26.6. The van der Waals surface area contributed by atoms with Gasteiger partial charge in [-0.05, 0) is 180 Å². The van der Waals surface area contributed by atoms with E-state index in [9.17, 15) is 19.0 Å². The molecule has 10 heteroatoms. The van der Waals surface area contributed by atoms with E-state index in [2.05, 4.69) is 281 Å². The lowest BCUT2D eigenvalue weighted by atomic mass is 10.1. The summed E-state index contributed by atoms with van der Waals surface area (Å²) in [6.07, 6.45) is 134. The van der Waals surface area contributed by atoms with Crippen molar-refractivity contribution in [1.29, 1.82) is 0 Å². The monoisotopic (exact) mass is 1450 g/mol. The standard InChI is InChI=1S/C94H144NO8P/c1-6-8-10-12-14-16-18-20-22-24-26-28-30-32-34-36-38-40-42-44-46-47-49-50-52-54-56-58-60-62-64-66-68-70-72-74-76-78-80-82-84-86-93(96)100-90-92(91-102-104(98,99)101-89-88-95(3,4)5)103-94(97)87-85-83-81-79-77-75-73-71-69-67-65-63-61-59-57-55-53-51-48-45-43-41-39-37-35-33-31-29-27-25-23-21-19-17-15-13-11-9-7-2/h8-11,14-17,20-23,26-29,32-35,38-41,44-46,48-50,53-56,59-62,65,67,71,73,77,79,92H,6-7,12-13,18-19,24-25,30-31,36-37,42-43,47,51-52,57-58,63-64,66,68-70,72,74-76,78,80-91H2,1-5H3/p+1/b10-8-,11-9-,16-14-,17-15-,22-20-,23-21-,28-26-,29-27-,34-32-,35-33-,40-38-,41-39-,46-44-,48-45-,50-49-,55-53-,56-54-,61-59-,62-60-,67-65-,73-71-,79-77-. The summed E-state index contributed by atoms with van der Waals surface area (Å²) in [7, 11) is 1.41. The number of rotatable bonds is 70. The Bertz CT molecular complexity index is 2770. The van der Waals surface area contributed by atoms with E-state index in [4.69, 9.17) is 18.5 Å². The zero-order valence-electron chi connectivity index (χ0n) is 65.9. The summed E-state index contributed by atoms with van der Waals surface area (Å²) in [4.78, 5) is 36.0. The number of nitrogens with zero attached hydrogens (tertiary/aromatic N) is 1. The van der Waals surface area contributed by atoms with Crippen LogP contribution in [0.2, 0.25) is 0 Å². The molecule has 0 saturated heterocycles. The highest BCUT2D eigenvalue weighted by molar-refractivity contribution is 7.47. The third-order valence-electron chi connectivity index (χ3n) is 15.8. The number of hydrogen-bond donors (Lipinski definition) is 1. The minimum Gasteiger partial charge on any atom is -0.462 e. The molecule has 2 atom stereocenters. The number of carbonyl (C=O) groups excluding carboxylic acids is 2. The Morgan fingerprint density at radius 2 is 0.519 bits per heavy atom. The number of phosphoric ester groups is 1. The van der Waals surface area contributed by atoms with E-state index in [0.717, 1.165) is 180 Å². The van der Waals surface area contributed by atoms with Crippen LogP contribution in [-0.4, -0.2) is 74.9 Å². The first kappa shape index (κ1) is 97.3. The zero-order valence-corrected chi connectivity index (χ0v) is 66.8. The van der Waals surface area contributed by atoms with E-state index >= 15 is 0 Å². The summed E-state index contributed by atoms with van der Waals surface area (Å²) in [6.45, 7) is 4.11. The molecule has 2 unspecified atom stereocenters. The van der Waals surface area contributed by atoms with Gasteiger partial charge in [-0.25, -0.2) is 4.57 Å². The number of phosphoric acid groups is 1. The minimum absolute atomic E-state index is 0.00796. The number of carbonyl (C=O) groups is 2. The number of likely N-dealkylation sites (N-methyl/N-ethyl adjacent to an activating group) is 1. The molecule has 0 aromatic rings. The van der Waals surface area contributed by atoms with Gasteiger partial charge in [-0.3, -0.25) is 18.6 Å². The van der Waals surface area contributed by atoms with Crippen LogP contribution in [0.4, 0.5) is 0 Å². The Kier molecular flexibility index (Phi) is 75.2. The van der Waals surface area contributed by atoms with Crippen molar-refractivity contribution in [1.82, 2.24) is 0 Å². The molecule has 0 amide bonds. The summed E-state index contributed by atoms with van der Waals surface area (Å²) >= 11 is 0. The average molecular weight is 1450 g/mol. The van der Waals surface area contributed by atoms with Crippen LogP contribution in [0.15, 0.2) is 267 Å². The summed E-state index contributed by atoms with van der Waals surface area (Å²) in [6, 6.07) is 0. The van der Waals surface area contributed by atoms with E-state index in [1.807, 2.05) is 21.1 Å². The highest BCUT2D eigenvalue weighted by Gasteiger charge is 2.27. The van der Waals surface area contributed by atoms with Crippen LogP contribution in [0.3, 0.4) is 0 Å². The lowest BCUT2D eigenvalue weighted by molar-refractivity contribution is -0.870. The van der Waals surface area contributed by atoms with Gasteiger partial charge in [0.25, 0.3) is 0 Å². The number of unbranched alkanes of at least 4 members (excludes halogenated alkanes) is 12. The Labute approximate surface area is 637 Å². The first-order chi connectivity index (χ1) is 51.0. The fourth-order valence-electron chi connectivity index (χ4n) is 9.73. The molecular formula is C94H145NO8P+. The molecular weight excluding hydrogens is 1300 g/mol. The Hall–Kier alpha value is -6.71. The first-order valence-electron chi connectivity index (χ1n) is 40.1. The number of allylic oxidation sites excluding steroid dienone is 44. The molecule has 0 heterocycles. The summed E-state index contributed by atoms with van der Waals surface area (Å²) < 4.78 is 34.7. The molecule has 0 saturated carbocycles. The van der Waals surface area contributed by atoms with E-state index in [-0.39, 0.29) is 26.1 Å². The first-order valence-corrected chi connectivity index (χ1v) is 41.6. The summed E-state index contributed by atoms with van der Waals surface area (Å²) in [5.41, 5.74) is 0. The molecule has 0 spiro atoms. The van der Waals surface area contributed by atoms with Crippen molar-refractivity contribution in [3.8, 4) is 0 Å². The van der Waals surface area contributed by atoms with Crippen LogP contribution in [0.1, 0.15) is 258 Å². The van der Waals surface area contributed by atoms with Crippen molar-refractivity contribution in [2.24, 2.45) is 0 Å².